The number of fused-ring (bicyclic) bond motifs is 1. The number of nitrogens with one attached hydrogen (secondary N) is 1. The molecule has 0 atom stereocenters. The molecule has 0 spiro atoms. The first-order chi connectivity index (χ1) is 13.4. The average molecular weight is 417 g/mol. The lowest BCUT2D eigenvalue weighted by molar-refractivity contribution is -0.125. The molecule has 0 saturated heterocycles. The molecule has 7 heteroatoms. The Morgan fingerprint density at radius 1 is 1.10 bits per heavy atom. The van der Waals surface area contributed by atoms with E-state index in [4.69, 9.17) is 4.74 Å². The summed E-state index contributed by atoms with van der Waals surface area (Å²) >= 11 is 0. The molecule has 0 saturated carbocycles. The largest absolute Gasteiger partial charge is 0.496 e. The fraction of sp³-hybridized carbons (Fsp3) is 0.409. The van der Waals surface area contributed by atoms with Crippen LogP contribution in [0.25, 0.3) is 0 Å². The van der Waals surface area contributed by atoms with Crippen molar-refractivity contribution in [2.75, 3.05) is 23.3 Å². The molecule has 0 fully saturated rings. The highest BCUT2D eigenvalue weighted by atomic mass is 32.2. The van der Waals surface area contributed by atoms with Gasteiger partial charge in [-0.05, 0) is 61.2 Å². The Morgan fingerprint density at radius 3 is 2.28 bits per heavy atom. The predicted molar refractivity (Wildman–Crippen MR) is 115 cm³/mol. The van der Waals surface area contributed by atoms with Gasteiger partial charge >= 0.3 is 0 Å². The van der Waals surface area contributed by atoms with Gasteiger partial charge in [0.15, 0.2) is 0 Å². The number of amides is 1. The minimum Gasteiger partial charge on any atom is -0.496 e. The zero-order valence-corrected chi connectivity index (χ0v) is 18.6. The fourth-order valence-electron chi connectivity index (χ4n) is 3.66. The van der Waals surface area contributed by atoms with E-state index in [2.05, 4.69) is 4.72 Å². The third kappa shape index (κ3) is 4.10. The molecule has 0 radical (unpaired) electrons. The summed E-state index contributed by atoms with van der Waals surface area (Å²) in [5.74, 6) is 0.704. The number of hydrogen-bond donors (Lipinski definition) is 1. The standard InChI is InChI=1S/C22H28N2O4S/c1-14-11-18(12-15(2)20(14)28-6)29(26,27)23-17-8-7-16-9-10-24(19(16)13-17)21(25)22(3,4)5/h7-8,11-13,23H,9-10H2,1-6H3. The van der Waals surface area contributed by atoms with Crippen LogP contribution in [0.5, 0.6) is 5.75 Å². The van der Waals surface area contributed by atoms with Crippen LogP contribution in [0.15, 0.2) is 35.2 Å². The van der Waals surface area contributed by atoms with E-state index in [0.717, 1.165) is 28.8 Å². The van der Waals surface area contributed by atoms with E-state index < -0.39 is 15.4 Å². The summed E-state index contributed by atoms with van der Waals surface area (Å²) in [6.07, 6.45) is 0.765. The van der Waals surface area contributed by atoms with Gasteiger partial charge in [0.1, 0.15) is 5.75 Å². The molecule has 1 heterocycles. The first-order valence-corrected chi connectivity index (χ1v) is 11.1. The van der Waals surface area contributed by atoms with Crippen molar-refractivity contribution < 1.29 is 17.9 Å². The molecule has 1 N–H and O–H groups in total. The highest BCUT2D eigenvalue weighted by molar-refractivity contribution is 7.92. The number of nitrogens with zero attached hydrogens (tertiary/aromatic N) is 1. The molecule has 6 nitrogen and oxygen atoms in total. The van der Waals surface area contributed by atoms with Crippen molar-refractivity contribution in [2.24, 2.45) is 5.41 Å². The van der Waals surface area contributed by atoms with Gasteiger partial charge in [-0.15, -0.1) is 0 Å². The highest BCUT2D eigenvalue weighted by Gasteiger charge is 2.32. The quantitative estimate of drug-likeness (QED) is 0.816. The first kappa shape index (κ1) is 21.2. The lowest BCUT2D eigenvalue weighted by atomic mass is 9.94. The Hall–Kier alpha value is -2.54. The smallest absolute Gasteiger partial charge is 0.261 e. The first-order valence-electron chi connectivity index (χ1n) is 9.57. The topological polar surface area (TPSA) is 75.7 Å². The third-order valence-electron chi connectivity index (χ3n) is 5.07. The van der Waals surface area contributed by atoms with Crippen molar-refractivity contribution in [2.45, 2.75) is 45.9 Å². The number of carbonyl (C=O) groups excluding carboxylic acids is 1. The van der Waals surface area contributed by atoms with Gasteiger partial charge in [-0.3, -0.25) is 9.52 Å². The van der Waals surface area contributed by atoms with Crippen LogP contribution in [0.3, 0.4) is 0 Å². The Kier molecular flexibility index (Phi) is 5.38. The van der Waals surface area contributed by atoms with Crippen molar-refractivity contribution >= 4 is 27.3 Å². The van der Waals surface area contributed by atoms with Crippen molar-refractivity contribution in [3.8, 4) is 5.75 Å². The van der Waals surface area contributed by atoms with Crippen molar-refractivity contribution in [3.63, 3.8) is 0 Å². The number of carbonyl (C=O) groups is 1. The summed E-state index contributed by atoms with van der Waals surface area (Å²) in [6.45, 7) is 9.89. The Bertz CT molecular complexity index is 1050. The molecule has 3 rings (SSSR count). The zero-order valence-electron chi connectivity index (χ0n) is 17.8. The number of aryl methyl sites for hydroxylation is 2. The van der Waals surface area contributed by atoms with Crippen LogP contribution < -0.4 is 14.4 Å². The van der Waals surface area contributed by atoms with Gasteiger partial charge in [-0.2, -0.15) is 0 Å². The Morgan fingerprint density at radius 2 is 1.72 bits per heavy atom. The number of benzene rings is 2. The molecule has 0 aliphatic carbocycles. The van der Waals surface area contributed by atoms with Crippen molar-refractivity contribution in [1.29, 1.82) is 0 Å². The molecule has 0 bridgehead atoms. The van der Waals surface area contributed by atoms with E-state index >= 15 is 0 Å². The summed E-state index contributed by atoms with van der Waals surface area (Å²) in [6, 6.07) is 8.55. The van der Waals surface area contributed by atoms with E-state index in [0.29, 0.717) is 18.0 Å². The molecule has 2 aromatic rings. The molecule has 1 amide bonds. The summed E-state index contributed by atoms with van der Waals surface area (Å²) in [5, 5.41) is 0. The van der Waals surface area contributed by atoms with Crippen LogP contribution in [-0.2, 0) is 21.2 Å². The Balaban J connectivity index is 1.93. The number of rotatable bonds is 4. The van der Waals surface area contributed by atoms with Crippen LogP contribution >= 0.6 is 0 Å². The lowest BCUT2D eigenvalue weighted by Gasteiger charge is -2.26. The number of ether oxygens (including phenoxy) is 1. The lowest BCUT2D eigenvalue weighted by Crippen LogP contribution is -2.38. The fourth-order valence-corrected chi connectivity index (χ4v) is 4.88. The third-order valence-corrected chi connectivity index (χ3v) is 6.43. The van der Waals surface area contributed by atoms with E-state index in [1.54, 1.807) is 36.3 Å². The second kappa shape index (κ2) is 7.37. The molecule has 2 aromatic carbocycles. The van der Waals surface area contributed by atoms with Gasteiger partial charge in [0.05, 0.1) is 17.7 Å². The summed E-state index contributed by atoms with van der Waals surface area (Å²) in [4.78, 5) is 14.7. The van der Waals surface area contributed by atoms with Gasteiger partial charge in [0.2, 0.25) is 5.91 Å². The maximum Gasteiger partial charge on any atom is 0.261 e. The van der Waals surface area contributed by atoms with Crippen LogP contribution in [0.1, 0.15) is 37.5 Å². The molecule has 156 valence electrons. The van der Waals surface area contributed by atoms with Crippen LogP contribution in [0.4, 0.5) is 11.4 Å². The van der Waals surface area contributed by atoms with Gasteiger partial charge < -0.3 is 9.64 Å². The SMILES string of the molecule is COc1c(C)cc(S(=O)(=O)Nc2ccc3c(c2)N(C(=O)C(C)(C)C)CC3)cc1C. The second-order valence-corrected chi connectivity index (χ2v) is 10.2. The number of hydrogen-bond acceptors (Lipinski definition) is 4. The van der Waals surface area contributed by atoms with Crippen molar-refractivity contribution in [1.82, 2.24) is 0 Å². The van der Waals surface area contributed by atoms with Gasteiger partial charge in [0, 0.05) is 17.6 Å². The molecule has 29 heavy (non-hydrogen) atoms. The van der Waals surface area contributed by atoms with Crippen LogP contribution in [0.2, 0.25) is 0 Å². The second-order valence-electron chi connectivity index (χ2n) is 8.50. The monoisotopic (exact) mass is 416 g/mol. The van der Waals surface area contributed by atoms with Gasteiger partial charge in [-0.25, -0.2) is 8.42 Å². The zero-order chi connectivity index (χ0) is 21.6. The molecule has 0 aromatic heterocycles. The van der Waals surface area contributed by atoms with E-state index in [9.17, 15) is 13.2 Å². The van der Waals surface area contributed by atoms with Crippen molar-refractivity contribution in [3.05, 3.63) is 47.0 Å². The average Bonchev–Trinajstić information content (AvgIpc) is 3.02. The maximum absolute atomic E-state index is 12.9. The maximum atomic E-state index is 12.9. The predicted octanol–water partition coefficient (Wildman–Crippen LogP) is 4.05. The number of anilines is 2. The van der Waals surface area contributed by atoms with Crippen LogP contribution in [0, 0.1) is 19.3 Å². The van der Waals surface area contributed by atoms with E-state index in [1.807, 2.05) is 40.7 Å². The highest BCUT2D eigenvalue weighted by Crippen LogP contribution is 2.35. The van der Waals surface area contributed by atoms with Gasteiger partial charge in [-0.1, -0.05) is 26.8 Å². The number of methoxy groups -OCH3 is 1. The van der Waals surface area contributed by atoms with Crippen LogP contribution in [-0.4, -0.2) is 28.0 Å². The molecular formula is C22H28N2O4S. The molecule has 1 aliphatic heterocycles. The summed E-state index contributed by atoms with van der Waals surface area (Å²) in [5.41, 5.74) is 3.25. The van der Waals surface area contributed by atoms with E-state index in [1.165, 1.54) is 0 Å². The normalized spacial score (nSPS) is 13.9. The molecular weight excluding hydrogens is 388 g/mol. The minimum atomic E-state index is -3.78. The molecule has 1 aliphatic rings. The number of sulfonamides is 1. The summed E-state index contributed by atoms with van der Waals surface area (Å²) < 4.78 is 33.9. The van der Waals surface area contributed by atoms with Gasteiger partial charge in [0.25, 0.3) is 10.0 Å². The van der Waals surface area contributed by atoms with E-state index in [-0.39, 0.29) is 10.8 Å². The minimum absolute atomic E-state index is 0.0256. The molecule has 0 unspecified atom stereocenters. The summed E-state index contributed by atoms with van der Waals surface area (Å²) in [7, 11) is -2.21. The Labute approximate surface area is 172 Å².